The fourth-order valence-corrected chi connectivity index (χ4v) is 1.26. The maximum Gasteiger partial charge on any atom is 0.338 e. The van der Waals surface area contributed by atoms with Crippen LogP contribution in [0.15, 0.2) is 24.3 Å². The molecule has 0 bridgehead atoms. The maximum atomic E-state index is 11.3. The van der Waals surface area contributed by atoms with Crippen LogP contribution in [0.1, 0.15) is 29.8 Å². The lowest BCUT2D eigenvalue weighted by molar-refractivity contribution is -0.116. The zero-order valence-electron chi connectivity index (χ0n) is 8.95. The summed E-state index contributed by atoms with van der Waals surface area (Å²) in [4.78, 5) is 22.1. The van der Waals surface area contributed by atoms with Crippen molar-refractivity contribution in [3.05, 3.63) is 35.4 Å². The Kier molecular flexibility index (Phi) is 4.03. The van der Waals surface area contributed by atoms with Crippen molar-refractivity contribution in [2.24, 2.45) is 0 Å². The lowest BCUT2D eigenvalue weighted by Crippen LogP contribution is -2.04. The molecule has 80 valence electrons. The standard InChI is InChI=1S/C12H14O3/c1-3-15-12(14)11-6-4-10(5-7-11)8-9(2)13/h4-7H,3,8H2,1-2H3. The molecule has 3 nitrogen and oxygen atoms in total. The number of rotatable bonds is 4. The molecule has 0 unspecified atom stereocenters. The Labute approximate surface area is 89.1 Å². The smallest absolute Gasteiger partial charge is 0.338 e. The highest BCUT2D eigenvalue weighted by Gasteiger charge is 2.05. The van der Waals surface area contributed by atoms with E-state index >= 15 is 0 Å². The molecule has 1 aromatic carbocycles. The van der Waals surface area contributed by atoms with Crippen molar-refractivity contribution in [2.45, 2.75) is 20.3 Å². The van der Waals surface area contributed by atoms with Gasteiger partial charge in [0.25, 0.3) is 0 Å². The van der Waals surface area contributed by atoms with Crippen LogP contribution in [0.5, 0.6) is 0 Å². The molecule has 0 radical (unpaired) electrons. The SMILES string of the molecule is CCOC(=O)c1ccc(CC(C)=O)cc1. The van der Waals surface area contributed by atoms with Crippen molar-refractivity contribution in [3.8, 4) is 0 Å². The molecule has 0 spiro atoms. The van der Waals surface area contributed by atoms with Gasteiger partial charge in [0.2, 0.25) is 0 Å². The minimum Gasteiger partial charge on any atom is -0.462 e. The van der Waals surface area contributed by atoms with Crippen molar-refractivity contribution < 1.29 is 14.3 Å². The van der Waals surface area contributed by atoms with Gasteiger partial charge in [0.15, 0.2) is 0 Å². The number of carbonyl (C=O) groups excluding carboxylic acids is 2. The van der Waals surface area contributed by atoms with Gasteiger partial charge in [-0.2, -0.15) is 0 Å². The fraction of sp³-hybridized carbons (Fsp3) is 0.333. The van der Waals surface area contributed by atoms with Gasteiger partial charge in [-0.15, -0.1) is 0 Å². The van der Waals surface area contributed by atoms with Gasteiger partial charge in [0.1, 0.15) is 5.78 Å². The van der Waals surface area contributed by atoms with Crippen LogP contribution in [-0.2, 0) is 16.0 Å². The number of ether oxygens (including phenoxy) is 1. The Morgan fingerprint density at radius 1 is 1.20 bits per heavy atom. The third kappa shape index (κ3) is 3.54. The van der Waals surface area contributed by atoms with E-state index in [9.17, 15) is 9.59 Å². The number of ketones is 1. The Morgan fingerprint density at radius 3 is 2.27 bits per heavy atom. The van der Waals surface area contributed by atoms with E-state index in [1.54, 1.807) is 38.1 Å². The first-order valence-electron chi connectivity index (χ1n) is 4.89. The van der Waals surface area contributed by atoms with Gasteiger partial charge in [-0.1, -0.05) is 12.1 Å². The Morgan fingerprint density at radius 2 is 1.80 bits per heavy atom. The summed E-state index contributed by atoms with van der Waals surface area (Å²) in [5.41, 5.74) is 1.43. The average molecular weight is 206 g/mol. The van der Waals surface area contributed by atoms with Crippen LogP contribution in [0, 0.1) is 0 Å². The molecule has 0 aliphatic rings. The Balaban J connectivity index is 2.71. The zero-order chi connectivity index (χ0) is 11.3. The van der Waals surface area contributed by atoms with Crippen LogP contribution < -0.4 is 0 Å². The fourth-order valence-electron chi connectivity index (χ4n) is 1.26. The molecule has 0 fully saturated rings. The van der Waals surface area contributed by atoms with Gasteiger partial charge in [-0.3, -0.25) is 4.79 Å². The van der Waals surface area contributed by atoms with E-state index in [4.69, 9.17) is 4.74 Å². The lowest BCUT2D eigenvalue weighted by Gasteiger charge is -2.02. The van der Waals surface area contributed by atoms with Gasteiger partial charge in [0.05, 0.1) is 12.2 Å². The van der Waals surface area contributed by atoms with E-state index in [1.165, 1.54) is 0 Å². The van der Waals surface area contributed by atoms with Gasteiger partial charge in [-0.05, 0) is 31.5 Å². The number of hydrogen-bond donors (Lipinski definition) is 0. The number of esters is 1. The molecule has 3 heteroatoms. The second-order valence-corrected chi connectivity index (χ2v) is 3.30. The quantitative estimate of drug-likeness (QED) is 0.707. The molecule has 0 heterocycles. The molecule has 0 aromatic heterocycles. The van der Waals surface area contributed by atoms with Crippen LogP contribution in [0.2, 0.25) is 0 Å². The average Bonchev–Trinajstić information content (AvgIpc) is 2.18. The first kappa shape index (κ1) is 11.4. The molecule has 15 heavy (non-hydrogen) atoms. The van der Waals surface area contributed by atoms with Gasteiger partial charge < -0.3 is 4.74 Å². The molecule has 1 aromatic rings. The van der Waals surface area contributed by atoms with Gasteiger partial charge >= 0.3 is 5.97 Å². The minimum atomic E-state index is -0.327. The van der Waals surface area contributed by atoms with E-state index in [0.717, 1.165) is 5.56 Å². The highest BCUT2D eigenvalue weighted by molar-refractivity contribution is 5.89. The minimum absolute atomic E-state index is 0.110. The summed E-state index contributed by atoms with van der Waals surface area (Å²) in [5.74, 6) is -0.217. The molecular formula is C12H14O3. The third-order valence-corrected chi connectivity index (χ3v) is 1.92. The summed E-state index contributed by atoms with van der Waals surface area (Å²) in [6.07, 6.45) is 0.406. The first-order chi connectivity index (χ1) is 7.13. The van der Waals surface area contributed by atoms with Crippen molar-refractivity contribution in [1.29, 1.82) is 0 Å². The predicted octanol–water partition coefficient (Wildman–Crippen LogP) is 1.99. The Bertz CT molecular complexity index is 352. The third-order valence-electron chi connectivity index (χ3n) is 1.92. The van der Waals surface area contributed by atoms with E-state index in [2.05, 4.69) is 0 Å². The zero-order valence-corrected chi connectivity index (χ0v) is 8.95. The summed E-state index contributed by atoms with van der Waals surface area (Å²) in [6, 6.07) is 6.90. The summed E-state index contributed by atoms with van der Waals surface area (Å²) >= 11 is 0. The van der Waals surface area contributed by atoms with E-state index in [-0.39, 0.29) is 11.8 Å². The second-order valence-electron chi connectivity index (χ2n) is 3.30. The molecule has 0 aliphatic heterocycles. The molecule has 0 atom stereocenters. The molecule has 0 amide bonds. The lowest BCUT2D eigenvalue weighted by atomic mass is 10.1. The van der Waals surface area contributed by atoms with Crippen LogP contribution in [-0.4, -0.2) is 18.4 Å². The number of Topliss-reactive ketones (excluding diaryl/α,β-unsaturated/α-hetero) is 1. The summed E-state index contributed by atoms with van der Waals surface area (Å²) < 4.78 is 4.84. The second kappa shape index (κ2) is 5.29. The number of benzene rings is 1. The molecule has 0 N–H and O–H groups in total. The number of carbonyl (C=O) groups is 2. The normalized spacial score (nSPS) is 9.73. The van der Waals surface area contributed by atoms with Crippen LogP contribution >= 0.6 is 0 Å². The van der Waals surface area contributed by atoms with Crippen molar-refractivity contribution in [2.75, 3.05) is 6.61 Å². The number of hydrogen-bond acceptors (Lipinski definition) is 3. The predicted molar refractivity (Wildman–Crippen MR) is 56.8 cm³/mol. The van der Waals surface area contributed by atoms with Gasteiger partial charge in [-0.25, -0.2) is 4.79 Å². The molecule has 0 saturated carbocycles. The van der Waals surface area contributed by atoms with Crippen LogP contribution in [0.25, 0.3) is 0 Å². The van der Waals surface area contributed by atoms with E-state index < -0.39 is 0 Å². The van der Waals surface area contributed by atoms with Crippen molar-refractivity contribution in [1.82, 2.24) is 0 Å². The summed E-state index contributed by atoms with van der Waals surface area (Å²) in [5, 5.41) is 0. The monoisotopic (exact) mass is 206 g/mol. The van der Waals surface area contributed by atoms with E-state index in [1.807, 2.05) is 0 Å². The largest absolute Gasteiger partial charge is 0.462 e. The van der Waals surface area contributed by atoms with E-state index in [0.29, 0.717) is 18.6 Å². The molecule has 1 rings (SSSR count). The molecule has 0 aliphatic carbocycles. The Hall–Kier alpha value is -1.64. The highest BCUT2D eigenvalue weighted by atomic mass is 16.5. The topological polar surface area (TPSA) is 43.4 Å². The summed E-state index contributed by atoms with van der Waals surface area (Å²) in [7, 11) is 0. The van der Waals surface area contributed by atoms with Crippen LogP contribution in [0.3, 0.4) is 0 Å². The van der Waals surface area contributed by atoms with Crippen molar-refractivity contribution >= 4 is 11.8 Å². The van der Waals surface area contributed by atoms with Gasteiger partial charge in [0, 0.05) is 6.42 Å². The molecule has 0 saturated heterocycles. The van der Waals surface area contributed by atoms with Crippen molar-refractivity contribution in [3.63, 3.8) is 0 Å². The molecular weight excluding hydrogens is 192 g/mol. The van der Waals surface area contributed by atoms with Crippen LogP contribution in [0.4, 0.5) is 0 Å². The summed E-state index contributed by atoms with van der Waals surface area (Å²) in [6.45, 7) is 3.68. The first-order valence-corrected chi connectivity index (χ1v) is 4.89. The highest BCUT2D eigenvalue weighted by Crippen LogP contribution is 2.06. The maximum absolute atomic E-state index is 11.3.